The Hall–Kier alpha value is -1.37. The Labute approximate surface area is 127 Å². The molecule has 1 spiro atoms. The van der Waals surface area contributed by atoms with Gasteiger partial charge in [0.1, 0.15) is 5.02 Å². The van der Waals surface area contributed by atoms with Crippen LogP contribution in [0, 0.1) is 10.1 Å². The second kappa shape index (κ2) is 5.79. The fourth-order valence-corrected chi connectivity index (χ4v) is 3.15. The molecule has 1 aliphatic heterocycles. The molecule has 114 valence electrons. The van der Waals surface area contributed by atoms with E-state index >= 15 is 0 Å². The topological polar surface area (TPSA) is 73.6 Å². The summed E-state index contributed by atoms with van der Waals surface area (Å²) in [5, 5.41) is 14.4. The van der Waals surface area contributed by atoms with Crippen molar-refractivity contribution in [3.05, 3.63) is 33.3 Å². The number of anilines is 1. The van der Waals surface area contributed by atoms with E-state index in [1.807, 2.05) is 0 Å². The monoisotopic (exact) mass is 312 g/mol. The maximum absolute atomic E-state index is 10.9. The molecule has 2 fully saturated rings. The average Bonchev–Trinajstić information content (AvgIpc) is 2.92. The van der Waals surface area contributed by atoms with Crippen LogP contribution in [0.5, 0.6) is 0 Å². The average molecular weight is 313 g/mol. The van der Waals surface area contributed by atoms with E-state index < -0.39 is 4.92 Å². The number of nitrogens with one attached hydrogen (secondary N) is 1. The van der Waals surface area contributed by atoms with E-state index in [9.17, 15) is 10.1 Å². The van der Waals surface area contributed by atoms with E-state index in [0.717, 1.165) is 31.4 Å². The fourth-order valence-electron chi connectivity index (χ4n) is 2.97. The van der Waals surface area contributed by atoms with E-state index in [4.69, 9.17) is 21.1 Å². The lowest BCUT2D eigenvalue weighted by Crippen LogP contribution is -2.39. The van der Waals surface area contributed by atoms with Crippen LogP contribution in [0.2, 0.25) is 5.02 Å². The van der Waals surface area contributed by atoms with Gasteiger partial charge >= 0.3 is 0 Å². The summed E-state index contributed by atoms with van der Waals surface area (Å²) in [5.41, 5.74) is 0.650. The van der Waals surface area contributed by atoms with Crippen molar-refractivity contribution in [3.8, 4) is 0 Å². The number of rotatable bonds is 3. The van der Waals surface area contributed by atoms with Crippen LogP contribution in [-0.4, -0.2) is 30.0 Å². The van der Waals surface area contributed by atoms with Gasteiger partial charge in [0.2, 0.25) is 0 Å². The molecule has 0 amide bonds. The molecule has 21 heavy (non-hydrogen) atoms. The Morgan fingerprint density at radius 3 is 2.57 bits per heavy atom. The molecule has 1 saturated carbocycles. The third-order valence-corrected chi connectivity index (χ3v) is 4.39. The number of hydrogen-bond donors (Lipinski definition) is 1. The lowest BCUT2D eigenvalue weighted by atomic mass is 9.90. The fraction of sp³-hybridized carbons (Fsp3) is 0.571. The highest BCUT2D eigenvalue weighted by Gasteiger charge is 2.40. The summed E-state index contributed by atoms with van der Waals surface area (Å²) in [6, 6.07) is 5.07. The Balaban J connectivity index is 1.63. The van der Waals surface area contributed by atoms with Gasteiger partial charge in [0.05, 0.1) is 18.1 Å². The quantitative estimate of drug-likeness (QED) is 0.684. The summed E-state index contributed by atoms with van der Waals surface area (Å²) in [6.45, 7) is 1.34. The SMILES string of the molecule is O=[N+]([O-])c1cc(NC2CCC3(CC2)OCCO3)ccc1Cl. The maximum Gasteiger partial charge on any atom is 0.289 e. The molecular formula is C14H17ClN2O4. The normalized spacial score (nSPS) is 21.6. The highest BCUT2D eigenvalue weighted by atomic mass is 35.5. The van der Waals surface area contributed by atoms with Crippen molar-refractivity contribution in [2.45, 2.75) is 37.5 Å². The van der Waals surface area contributed by atoms with Crippen LogP contribution in [0.25, 0.3) is 0 Å². The minimum atomic E-state index is -0.469. The molecule has 3 rings (SSSR count). The van der Waals surface area contributed by atoms with Crippen molar-refractivity contribution in [1.29, 1.82) is 0 Å². The summed E-state index contributed by atoms with van der Waals surface area (Å²) in [6.07, 6.45) is 3.52. The van der Waals surface area contributed by atoms with Gasteiger partial charge in [-0.1, -0.05) is 11.6 Å². The Bertz CT molecular complexity index is 536. The van der Waals surface area contributed by atoms with Gasteiger partial charge in [-0.05, 0) is 25.0 Å². The van der Waals surface area contributed by atoms with Crippen LogP contribution in [0.4, 0.5) is 11.4 Å². The third kappa shape index (κ3) is 3.12. The molecule has 0 unspecified atom stereocenters. The minimum Gasteiger partial charge on any atom is -0.382 e. The highest BCUT2D eigenvalue weighted by molar-refractivity contribution is 6.32. The molecule has 0 bridgehead atoms. The van der Waals surface area contributed by atoms with Gasteiger partial charge in [-0.3, -0.25) is 10.1 Å². The van der Waals surface area contributed by atoms with Gasteiger partial charge in [-0.25, -0.2) is 0 Å². The van der Waals surface area contributed by atoms with Gasteiger partial charge in [0.15, 0.2) is 5.79 Å². The number of ether oxygens (including phenoxy) is 2. The van der Waals surface area contributed by atoms with Crippen LogP contribution in [0.1, 0.15) is 25.7 Å². The number of nitrogens with zero attached hydrogens (tertiary/aromatic N) is 1. The summed E-state index contributed by atoms with van der Waals surface area (Å²) in [4.78, 5) is 10.4. The number of nitro benzene ring substituents is 1. The van der Waals surface area contributed by atoms with Crippen molar-refractivity contribution in [2.24, 2.45) is 0 Å². The van der Waals surface area contributed by atoms with Gasteiger partial charge in [-0.2, -0.15) is 0 Å². The molecular weight excluding hydrogens is 296 g/mol. The minimum absolute atomic E-state index is 0.0728. The lowest BCUT2D eigenvalue weighted by Gasteiger charge is -2.35. The predicted molar refractivity (Wildman–Crippen MR) is 78.6 cm³/mol. The standard InChI is InChI=1S/C14H17ClN2O4/c15-12-2-1-11(9-13(12)17(18)19)16-10-3-5-14(6-4-10)20-7-8-21-14/h1-2,9-10,16H,3-8H2. The molecule has 0 radical (unpaired) electrons. The largest absolute Gasteiger partial charge is 0.382 e. The zero-order valence-electron chi connectivity index (χ0n) is 11.5. The summed E-state index contributed by atoms with van der Waals surface area (Å²) in [7, 11) is 0. The molecule has 1 saturated heterocycles. The summed E-state index contributed by atoms with van der Waals surface area (Å²) >= 11 is 5.81. The van der Waals surface area contributed by atoms with Crippen molar-refractivity contribution in [1.82, 2.24) is 0 Å². The molecule has 0 atom stereocenters. The van der Waals surface area contributed by atoms with Crippen LogP contribution in [0.15, 0.2) is 18.2 Å². The zero-order valence-corrected chi connectivity index (χ0v) is 12.3. The first-order chi connectivity index (χ1) is 10.1. The molecule has 2 aliphatic rings. The highest BCUT2D eigenvalue weighted by Crippen LogP contribution is 2.37. The summed E-state index contributed by atoms with van der Waals surface area (Å²) < 4.78 is 11.4. The lowest BCUT2D eigenvalue weighted by molar-refractivity contribution is -0.384. The third-order valence-electron chi connectivity index (χ3n) is 4.07. The Morgan fingerprint density at radius 2 is 1.95 bits per heavy atom. The van der Waals surface area contributed by atoms with E-state index in [1.54, 1.807) is 12.1 Å². The first-order valence-electron chi connectivity index (χ1n) is 7.06. The van der Waals surface area contributed by atoms with Gasteiger partial charge in [0, 0.05) is 30.6 Å². The molecule has 6 nitrogen and oxygen atoms in total. The van der Waals surface area contributed by atoms with Crippen molar-refractivity contribution in [2.75, 3.05) is 18.5 Å². The van der Waals surface area contributed by atoms with Crippen LogP contribution in [-0.2, 0) is 9.47 Å². The van der Waals surface area contributed by atoms with Crippen molar-refractivity contribution < 1.29 is 14.4 Å². The first kappa shape index (κ1) is 14.6. The molecule has 0 aromatic heterocycles. The number of benzene rings is 1. The van der Waals surface area contributed by atoms with Crippen molar-refractivity contribution in [3.63, 3.8) is 0 Å². The molecule has 1 aromatic rings. The number of hydrogen-bond acceptors (Lipinski definition) is 5. The molecule has 7 heteroatoms. The van der Waals surface area contributed by atoms with E-state index in [1.165, 1.54) is 6.07 Å². The smallest absolute Gasteiger partial charge is 0.289 e. The molecule has 1 aliphatic carbocycles. The molecule has 1 heterocycles. The van der Waals surface area contributed by atoms with E-state index in [2.05, 4.69) is 5.32 Å². The van der Waals surface area contributed by atoms with Gasteiger partial charge in [0.25, 0.3) is 5.69 Å². The molecule has 1 N–H and O–H groups in total. The van der Waals surface area contributed by atoms with E-state index in [0.29, 0.717) is 13.2 Å². The number of halogens is 1. The Kier molecular flexibility index (Phi) is 4.01. The van der Waals surface area contributed by atoms with Crippen LogP contribution in [0.3, 0.4) is 0 Å². The predicted octanol–water partition coefficient (Wildman–Crippen LogP) is 3.35. The summed E-state index contributed by atoms with van der Waals surface area (Å²) in [5.74, 6) is -0.385. The first-order valence-corrected chi connectivity index (χ1v) is 7.44. The number of nitro groups is 1. The second-order valence-corrected chi connectivity index (χ2v) is 5.86. The van der Waals surface area contributed by atoms with E-state index in [-0.39, 0.29) is 22.5 Å². The second-order valence-electron chi connectivity index (χ2n) is 5.45. The molecule has 1 aromatic carbocycles. The Morgan fingerprint density at radius 1 is 1.29 bits per heavy atom. The zero-order chi connectivity index (χ0) is 14.9. The van der Waals surface area contributed by atoms with Crippen molar-refractivity contribution >= 4 is 23.0 Å². The van der Waals surface area contributed by atoms with Crippen LogP contribution >= 0.6 is 11.6 Å². The van der Waals surface area contributed by atoms with Crippen LogP contribution < -0.4 is 5.32 Å². The maximum atomic E-state index is 10.9. The van der Waals surface area contributed by atoms with Gasteiger partial charge in [-0.15, -0.1) is 0 Å². The van der Waals surface area contributed by atoms with Gasteiger partial charge < -0.3 is 14.8 Å².